The zero-order chi connectivity index (χ0) is 13.2. The molecule has 0 aliphatic heterocycles. The zero-order valence-electron chi connectivity index (χ0n) is 9.41. The lowest BCUT2D eigenvalue weighted by molar-refractivity contribution is 0.278. The fraction of sp³-hybridized carbons (Fsp3) is 0.375. The Morgan fingerprint density at radius 2 is 2.33 bits per heavy atom. The second kappa shape index (κ2) is 4.84. The summed E-state index contributed by atoms with van der Waals surface area (Å²) in [5.41, 5.74) is 0.184. The summed E-state index contributed by atoms with van der Waals surface area (Å²) in [5, 5.41) is 18.2. The summed E-state index contributed by atoms with van der Waals surface area (Å²) in [6.07, 6.45) is 1.24. The molecular formula is C8H11N5O4S. The molecule has 0 fully saturated rings. The number of nitrogens with one attached hydrogen (secondary N) is 2. The van der Waals surface area contributed by atoms with Gasteiger partial charge in [0.05, 0.1) is 19.3 Å². The van der Waals surface area contributed by atoms with Crippen LogP contribution in [0, 0.1) is 6.92 Å². The standard InChI is InChI=1S/C8H11N5O4S/c1-5-11-7(17-13-5)3-10-18(15,16)8-6(4-14)2-9-12-8/h2,10,14H,3-4H2,1H3,(H,9,12). The maximum absolute atomic E-state index is 11.9. The van der Waals surface area contributed by atoms with Gasteiger partial charge in [0.25, 0.3) is 10.0 Å². The summed E-state index contributed by atoms with van der Waals surface area (Å²) in [6, 6.07) is 0. The molecule has 0 aliphatic carbocycles. The Hall–Kier alpha value is -1.78. The van der Waals surface area contributed by atoms with E-state index in [1.165, 1.54) is 6.20 Å². The van der Waals surface area contributed by atoms with E-state index in [9.17, 15) is 8.42 Å². The van der Waals surface area contributed by atoms with Crippen LogP contribution in [0.2, 0.25) is 0 Å². The number of aromatic amines is 1. The smallest absolute Gasteiger partial charge is 0.258 e. The van der Waals surface area contributed by atoms with Crippen LogP contribution >= 0.6 is 0 Å². The third-order valence-electron chi connectivity index (χ3n) is 2.10. The van der Waals surface area contributed by atoms with Crippen LogP contribution in [0.5, 0.6) is 0 Å². The Morgan fingerprint density at radius 3 is 2.94 bits per heavy atom. The fourth-order valence-corrected chi connectivity index (χ4v) is 2.38. The third-order valence-corrected chi connectivity index (χ3v) is 3.52. The van der Waals surface area contributed by atoms with Crippen LogP contribution in [-0.2, 0) is 23.2 Å². The van der Waals surface area contributed by atoms with Crippen LogP contribution in [0.4, 0.5) is 0 Å². The topological polar surface area (TPSA) is 134 Å². The number of aliphatic hydroxyl groups is 1. The first-order chi connectivity index (χ1) is 8.53. The van der Waals surface area contributed by atoms with Crippen LogP contribution < -0.4 is 4.72 Å². The molecule has 98 valence electrons. The quantitative estimate of drug-likeness (QED) is 0.640. The summed E-state index contributed by atoms with van der Waals surface area (Å²) >= 11 is 0. The van der Waals surface area contributed by atoms with Gasteiger partial charge < -0.3 is 9.63 Å². The molecule has 0 aliphatic rings. The molecule has 0 bridgehead atoms. The van der Waals surface area contributed by atoms with E-state index in [-0.39, 0.29) is 23.0 Å². The maximum atomic E-state index is 11.9. The van der Waals surface area contributed by atoms with Crippen molar-refractivity contribution in [2.24, 2.45) is 0 Å². The monoisotopic (exact) mass is 273 g/mol. The van der Waals surface area contributed by atoms with E-state index in [0.29, 0.717) is 5.82 Å². The molecule has 0 saturated heterocycles. The second-order valence-corrected chi connectivity index (χ2v) is 5.15. The Labute approximate surface area is 102 Å². The molecule has 2 heterocycles. The molecule has 0 atom stereocenters. The summed E-state index contributed by atoms with van der Waals surface area (Å²) in [4.78, 5) is 3.86. The predicted octanol–water partition coefficient (Wildman–Crippen LogP) is -0.928. The van der Waals surface area contributed by atoms with Gasteiger partial charge >= 0.3 is 0 Å². The van der Waals surface area contributed by atoms with Gasteiger partial charge in [-0.2, -0.15) is 10.1 Å². The van der Waals surface area contributed by atoms with Gasteiger partial charge in [-0.25, -0.2) is 13.1 Å². The van der Waals surface area contributed by atoms with Crippen molar-refractivity contribution in [1.82, 2.24) is 25.1 Å². The van der Waals surface area contributed by atoms with E-state index in [4.69, 9.17) is 9.63 Å². The summed E-state index contributed by atoms with van der Waals surface area (Å²) in [6.45, 7) is 1.07. The molecule has 0 saturated carbocycles. The van der Waals surface area contributed by atoms with Gasteiger partial charge in [0, 0.05) is 5.56 Å². The molecule has 2 rings (SSSR count). The van der Waals surface area contributed by atoms with Crippen molar-refractivity contribution in [3.8, 4) is 0 Å². The largest absolute Gasteiger partial charge is 0.392 e. The fourth-order valence-electron chi connectivity index (χ4n) is 1.29. The van der Waals surface area contributed by atoms with Gasteiger partial charge in [-0.05, 0) is 6.92 Å². The molecule has 3 N–H and O–H groups in total. The highest BCUT2D eigenvalue weighted by molar-refractivity contribution is 7.89. The number of nitrogens with zero attached hydrogens (tertiary/aromatic N) is 3. The van der Waals surface area contributed by atoms with Gasteiger partial charge in [-0.1, -0.05) is 5.16 Å². The zero-order valence-corrected chi connectivity index (χ0v) is 10.2. The lowest BCUT2D eigenvalue weighted by Gasteiger charge is -2.03. The minimum Gasteiger partial charge on any atom is -0.392 e. The molecule has 0 radical (unpaired) electrons. The average Bonchev–Trinajstić information content (AvgIpc) is 2.95. The normalized spacial score (nSPS) is 11.9. The van der Waals surface area contributed by atoms with Crippen LogP contribution in [0.3, 0.4) is 0 Å². The Kier molecular flexibility index (Phi) is 3.41. The molecule has 10 heteroatoms. The lowest BCUT2D eigenvalue weighted by Crippen LogP contribution is -2.24. The van der Waals surface area contributed by atoms with E-state index in [1.807, 2.05) is 0 Å². The SMILES string of the molecule is Cc1noc(CNS(=O)(=O)c2[nH]ncc2CO)n1. The van der Waals surface area contributed by atoms with Crippen molar-refractivity contribution >= 4 is 10.0 Å². The van der Waals surface area contributed by atoms with Crippen molar-refractivity contribution in [2.75, 3.05) is 0 Å². The van der Waals surface area contributed by atoms with Gasteiger partial charge in [0.15, 0.2) is 10.9 Å². The van der Waals surface area contributed by atoms with E-state index in [1.54, 1.807) is 6.92 Å². The Balaban J connectivity index is 2.13. The number of hydrogen-bond donors (Lipinski definition) is 3. The van der Waals surface area contributed by atoms with Crippen molar-refractivity contribution in [2.45, 2.75) is 25.1 Å². The summed E-state index contributed by atoms with van der Waals surface area (Å²) in [5.74, 6) is 0.572. The van der Waals surface area contributed by atoms with E-state index < -0.39 is 16.6 Å². The molecule has 2 aromatic rings. The molecular weight excluding hydrogens is 262 g/mol. The van der Waals surface area contributed by atoms with Crippen LogP contribution in [0.25, 0.3) is 0 Å². The highest BCUT2D eigenvalue weighted by Gasteiger charge is 2.21. The summed E-state index contributed by atoms with van der Waals surface area (Å²) < 4.78 is 30.8. The number of aliphatic hydroxyl groups excluding tert-OH is 1. The van der Waals surface area contributed by atoms with Crippen molar-refractivity contribution in [3.05, 3.63) is 23.5 Å². The molecule has 0 unspecified atom stereocenters. The van der Waals surface area contributed by atoms with Crippen LogP contribution in [-0.4, -0.2) is 33.9 Å². The minimum absolute atomic E-state index is 0.132. The molecule has 18 heavy (non-hydrogen) atoms. The van der Waals surface area contributed by atoms with Crippen LogP contribution in [0.1, 0.15) is 17.3 Å². The van der Waals surface area contributed by atoms with E-state index in [2.05, 4.69) is 25.1 Å². The number of rotatable bonds is 5. The number of sulfonamides is 1. The average molecular weight is 273 g/mol. The highest BCUT2D eigenvalue weighted by Crippen LogP contribution is 2.11. The van der Waals surface area contributed by atoms with Crippen molar-refractivity contribution < 1.29 is 18.0 Å². The lowest BCUT2D eigenvalue weighted by atomic mass is 10.4. The third kappa shape index (κ3) is 2.55. The maximum Gasteiger partial charge on any atom is 0.258 e. The first-order valence-corrected chi connectivity index (χ1v) is 6.43. The number of hydrogen-bond acceptors (Lipinski definition) is 7. The number of aryl methyl sites for hydroxylation is 1. The molecule has 0 amide bonds. The Morgan fingerprint density at radius 1 is 1.56 bits per heavy atom. The predicted molar refractivity (Wildman–Crippen MR) is 57.6 cm³/mol. The second-order valence-electron chi connectivity index (χ2n) is 3.44. The van der Waals surface area contributed by atoms with Gasteiger partial charge in [-0.3, -0.25) is 5.10 Å². The van der Waals surface area contributed by atoms with Crippen LogP contribution in [0.15, 0.2) is 15.7 Å². The van der Waals surface area contributed by atoms with Gasteiger partial charge in [0.2, 0.25) is 5.89 Å². The van der Waals surface area contributed by atoms with E-state index >= 15 is 0 Å². The molecule has 0 spiro atoms. The Bertz CT molecular complexity index is 631. The number of aromatic nitrogens is 4. The van der Waals surface area contributed by atoms with E-state index in [0.717, 1.165) is 0 Å². The minimum atomic E-state index is -3.80. The molecule has 2 aromatic heterocycles. The van der Waals surface area contributed by atoms with Crippen molar-refractivity contribution in [1.29, 1.82) is 0 Å². The summed E-state index contributed by atoms with van der Waals surface area (Å²) in [7, 11) is -3.80. The van der Waals surface area contributed by atoms with Crippen molar-refractivity contribution in [3.63, 3.8) is 0 Å². The van der Waals surface area contributed by atoms with Gasteiger partial charge in [-0.15, -0.1) is 0 Å². The molecule has 0 aromatic carbocycles. The molecule has 9 nitrogen and oxygen atoms in total. The number of H-pyrrole nitrogens is 1. The first-order valence-electron chi connectivity index (χ1n) is 4.95. The first kappa shape index (κ1) is 12.7. The van der Waals surface area contributed by atoms with Gasteiger partial charge in [0.1, 0.15) is 0 Å². The highest BCUT2D eigenvalue weighted by atomic mass is 32.2.